The Kier molecular flexibility index (Phi) is 4.64. The van der Waals surface area contributed by atoms with Crippen LogP contribution in [0.3, 0.4) is 0 Å². The van der Waals surface area contributed by atoms with Crippen molar-refractivity contribution in [1.82, 2.24) is 0 Å². The molecule has 6 nitrogen and oxygen atoms in total. The van der Waals surface area contributed by atoms with Crippen LogP contribution in [-0.4, -0.2) is 19.1 Å². The summed E-state index contributed by atoms with van der Waals surface area (Å²) in [6, 6.07) is 9.88. The van der Waals surface area contributed by atoms with Gasteiger partial charge in [-0.05, 0) is 12.1 Å². The van der Waals surface area contributed by atoms with Gasteiger partial charge in [-0.25, -0.2) is 0 Å². The number of nitrogens with one attached hydrogen (secondary N) is 1. The van der Waals surface area contributed by atoms with Crippen LogP contribution >= 0.6 is 15.9 Å². The topological polar surface area (TPSA) is 73.6 Å². The molecule has 7 heteroatoms. The van der Waals surface area contributed by atoms with Crippen LogP contribution in [0.2, 0.25) is 0 Å². The van der Waals surface area contributed by atoms with Gasteiger partial charge in [-0.3, -0.25) is 10.1 Å². The van der Waals surface area contributed by atoms with Crippen LogP contribution in [0.1, 0.15) is 0 Å². The third-order valence-corrected chi connectivity index (χ3v) is 3.28. The third kappa shape index (κ3) is 3.63. The maximum absolute atomic E-state index is 11.1. The lowest BCUT2D eigenvalue weighted by molar-refractivity contribution is -0.383. The molecule has 21 heavy (non-hydrogen) atoms. The molecule has 0 aliphatic rings. The molecule has 110 valence electrons. The normalized spacial score (nSPS) is 10.0. The van der Waals surface area contributed by atoms with Crippen molar-refractivity contribution in [2.45, 2.75) is 0 Å². The van der Waals surface area contributed by atoms with Gasteiger partial charge < -0.3 is 14.8 Å². The second kappa shape index (κ2) is 6.45. The number of nitro benzene ring substituents is 1. The molecule has 0 aliphatic carbocycles. The first-order chi connectivity index (χ1) is 10.0. The minimum atomic E-state index is -0.438. The Morgan fingerprint density at radius 1 is 1.10 bits per heavy atom. The van der Waals surface area contributed by atoms with Gasteiger partial charge in [-0.15, -0.1) is 0 Å². The van der Waals surface area contributed by atoms with E-state index in [1.165, 1.54) is 6.07 Å². The number of nitrogens with zero attached hydrogens (tertiary/aromatic N) is 1. The number of nitro groups is 1. The van der Waals surface area contributed by atoms with Crippen LogP contribution in [0.4, 0.5) is 17.1 Å². The number of rotatable bonds is 5. The molecule has 2 rings (SSSR count). The predicted molar refractivity (Wildman–Crippen MR) is 83.6 cm³/mol. The Bertz CT molecular complexity index is 654. The first-order valence-electron chi connectivity index (χ1n) is 5.97. The summed E-state index contributed by atoms with van der Waals surface area (Å²) < 4.78 is 11.1. The maximum atomic E-state index is 11.1. The van der Waals surface area contributed by atoms with Gasteiger partial charge in [0.15, 0.2) is 0 Å². The molecule has 2 aromatic carbocycles. The van der Waals surface area contributed by atoms with Crippen molar-refractivity contribution in [2.75, 3.05) is 19.5 Å². The van der Waals surface area contributed by atoms with Gasteiger partial charge in [-0.1, -0.05) is 15.9 Å². The summed E-state index contributed by atoms with van der Waals surface area (Å²) in [5.41, 5.74) is 0.997. The minimum Gasteiger partial charge on any atom is -0.497 e. The molecule has 0 atom stereocenters. The molecule has 0 aromatic heterocycles. The van der Waals surface area contributed by atoms with Crippen LogP contribution < -0.4 is 14.8 Å². The summed E-state index contributed by atoms with van der Waals surface area (Å²) in [7, 11) is 3.08. The quantitative estimate of drug-likeness (QED) is 0.647. The Morgan fingerprint density at radius 2 is 1.71 bits per heavy atom. The Labute approximate surface area is 130 Å². The summed E-state index contributed by atoms with van der Waals surface area (Å²) in [5.74, 6) is 1.18. The first-order valence-corrected chi connectivity index (χ1v) is 6.77. The molecule has 0 radical (unpaired) electrons. The van der Waals surface area contributed by atoms with Crippen LogP contribution in [-0.2, 0) is 0 Å². The lowest BCUT2D eigenvalue weighted by atomic mass is 10.2. The zero-order valence-electron chi connectivity index (χ0n) is 11.4. The molecule has 0 saturated heterocycles. The van der Waals surface area contributed by atoms with Gasteiger partial charge in [0.05, 0.1) is 19.1 Å². The fraction of sp³-hybridized carbons (Fsp3) is 0.143. The Morgan fingerprint density at radius 3 is 2.24 bits per heavy atom. The van der Waals surface area contributed by atoms with Crippen molar-refractivity contribution < 1.29 is 14.4 Å². The van der Waals surface area contributed by atoms with Crippen molar-refractivity contribution in [3.8, 4) is 11.5 Å². The van der Waals surface area contributed by atoms with Gasteiger partial charge in [0.1, 0.15) is 17.2 Å². The van der Waals surface area contributed by atoms with Crippen LogP contribution in [0, 0.1) is 10.1 Å². The van der Waals surface area contributed by atoms with E-state index in [0.29, 0.717) is 22.9 Å². The zero-order chi connectivity index (χ0) is 15.4. The lowest BCUT2D eigenvalue weighted by Crippen LogP contribution is -1.98. The highest BCUT2D eigenvalue weighted by molar-refractivity contribution is 9.10. The van der Waals surface area contributed by atoms with Crippen molar-refractivity contribution in [3.05, 3.63) is 51.0 Å². The number of hydrogen-bond acceptors (Lipinski definition) is 5. The molecule has 0 amide bonds. The molecule has 0 bridgehead atoms. The number of anilines is 2. The van der Waals surface area contributed by atoms with E-state index >= 15 is 0 Å². The maximum Gasteiger partial charge on any atom is 0.292 e. The van der Waals surface area contributed by atoms with Crippen molar-refractivity contribution in [3.63, 3.8) is 0 Å². The number of methoxy groups -OCH3 is 2. The van der Waals surface area contributed by atoms with Gasteiger partial charge >= 0.3 is 0 Å². The van der Waals surface area contributed by atoms with Gasteiger partial charge in [0, 0.05) is 34.4 Å². The van der Waals surface area contributed by atoms with Crippen LogP contribution in [0.5, 0.6) is 11.5 Å². The largest absolute Gasteiger partial charge is 0.497 e. The summed E-state index contributed by atoms with van der Waals surface area (Å²) in [6.07, 6.45) is 0. The summed E-state index contributed by atoms with van der Waals surface area (Å²) in [5, 5.41) is 14.1. The fourth-order valence-corrected chi connectivity index (χ4v) is 2.16. The van der Waals surface area contributed by atoms with Gasteiger partial charge in [-0.2, -0.15) is 0 Å². The lowest BCUT2D eigenvalue weighted by Gasteiger charge is -2.11. The molecule has 0 aliphatic heterocycles. The second-order valence-corrected chi connectivity index (χ2v) is 5.06. The predicted octanol–water partition coefficient (Wildman–Crippen LogP) is 4.12. The van der Waals surface area contributed by atoms with Gasteiger partial charge in [0.25, 0.3) is 5.69 Å². The molecule has 0 spiro atoms. The van der Waals surface area contributed by atoms with E-state index in [9.17, 15) is 10.1 Å². The van der Waals surface area contributed by atoms with E-state index in [4.69, 9.17) is 9.47 Å². The first kappa shape index (κ1) is 15.1. The van der Waals surface area contributed by atoms with Gasteiger partial charge in [0.2, 0.25) is 0 Å². The van der Waals surface area contributed by atoms with E-state index in [1.54, 1.807) is 44.6 Å². The van der Waals surface area contributed by atoms with Crippen molar-refractivity contribution >= 4 is 33.0 Å². The van der Waals surface area contributed by atoms with E-state index in [-0.39, 0.29) is 5.69 Å². The van der Waals surface area contributed by atoms with E-state index in [0.717, 1.165) is 4.47 Å². The van der Waals surface area contributed by atoms with E-state index in [1.807, 2.05) is 0 Å². The molecule has 1 N–H and O–H groups in total. The number of benzene rings is 2. The number of halogens is 1. The smallest absolute Gasteiger partial charge is 0.292 e. The summed E-state index contributed by atoms with van der Waals surface area (Å²) >= 11 is 3.30. The van der Waals surface area contributed by atoms with E-state index in [2.05, 4.69) is 21.2 Å². The molecule has 2 aromatic rings. The molecule has 0 saturated carbocycles. The van der Waals surface area contributed by atoms with Crippen LogP contribution in [0.25, 0.3) is 0 Å². The molecular formula is C14H13BrN2O4. The SMILES string of the molecule is COc1cc(Nc2cc(Br)ccc2[N+](=O)[O-])cc(OC)c1. The zero-order valence-corrected chi connectivity index (χ0v) is 13.0. The van der Waals surface area contributed by atoms with Crippen molar-refractivity contribution in [2.24, 2.45) is 0 Å². The average molecular weight is 353 g/mol. The molecule has 0 heterocycles. The summed E-state index contributed by atoms with van der Waals surface area (Å²) in [6.45, 7) is 0. The number of hydrogen-bond donors (Lipinski definition) is 1. The Balaban J connectivity index is 2.42. The van der Waals surface area contributed by atoms with Crippen molar-refractivity contribution in [1.29, 1.82) is 0 Å². The molecular weight excluding hydrogens is 340 g/mol. The number of ether oxygens (including phenoxy) is 2. The monoisotopic (exact) mass is 352 g/mol. The highest BCUT2D eigenvalue weighted by Crippen LogP contribution is 2.33. The highest BCUT2D eigenvalue weighted by Gasteiger charge is 2.14. The summed E-state index contributed by atoms with van der Waals surface area (Å²) in [4.78, 5) is 10.6. The minimum absolute atomic E-state index is 0.0139. The van der Waals surface area contributed by atoms with E-state index < -0.39 is 4.92 Å². The Hall–Kier alpha value is -2.28. The fourth-order valence-electron chi connectivity index (χ4n) is 1.80. The second-order valence-electron chi connectivity index (χ2n) is 4.14. The van der Waals surface area contributed by atoms with Crippen LogP contribution in [0.15, 0.2) is 40.9 Å². The highest BCUT2D eigenvalue weighted by atomic mass is 79.9. The average Bonchev–Trinajstić information content (AvgIpc) is 2.46. The standard InChI is InChI=1S/C14H13BrN2O4/c1-20-11-6-10(7-12(8-11)21-2)16-13-5-9(15)3-4-14(13)17(18)19/h3-8,16H,1-2H3. The third-order valence-electron chi connectivity index (χ3n) is 2.79. The molecule has 0 unspecified atom stereocenters. The molecule has 0 fully saturated rings.